The number of carbonyl (C=O) groups excluding carboxylic acids is 1. The molecular formula is C26H31N5OS. The maximum atomic E-state index is 13.5. The minimum Gasteiger partial charge on any atom is -0.311 e. The summed E-state index contributed by atoms with van der Waals surface area (Å²) in [5, 5.41) is 9.64. The third-order valence-electron chi connectivity index (χ3n) is 6.53. The highest BCUT2D eigenvalue weighted by Crippen LogP contribution is 2.32. The number of piperidine rings is 1. The Hall–Kier alpha value is -2.64. The van der Waals surface area contributed by atoms with E-state index in [9.17, 15) is 4.79 Å². The number of hydrogen-bond acceptors (Lipinski definition) is 5. The Bertz CT molecular complexity index is 1090. The molecule has 1 fully saturated rings. The summed E-state index contributed by atoms with van der Waals surface area (Å²) in [4.78, 5) is 17.9. The molecule has 1 atom stereocenters. The second kappa shape index (κ2) is 10.1. The van der Waals surface area contributed by atoms with Crippen LogP contribution in [0.3, 0.4) is 0 Å². The summed E-state index contributed by atoms with van der Waals surface area (Å²) in [5.74, 6) is 1.07. The summed E-state index contributed by atoms with van der Waals surface area (Å²) in [5.41, 5.74) is 3.35. The first-order valence-electron chi connectivity index (χ1n) is 12.0. The molecule has 33 heavy (non-hydrogen) atoms. The zero-order valence-corrected chi connectivity index (χ0v) is 20.0. The van der Waals surface area contributed by atoms with Gasteiger partial charge in [-0.1, -0.05) is 54.6 Å². The number of rotatable bonds is 6. The zero-order chi connectivity index (χ0) is 22.6. The van der Waals surface area contributed by atoms with Gasteiger partial charge in [-0.05, 0) is 69.5 Å². The summed E-state index contributed by atoms with van der Waals surface area (Å²) in [6, 6.07) is 18.5. The van der Waals surface area contributed by atoms with Gasteiger partial charge in [0.2, 0.25) is 5.91 Å². The lowest BCUT2D eigenvalue weighted by Gasteiger charge is -2.31. The normalized spacial score (nSPS) is 17.5. The largest absolute Gasteiger partial charge is 0.311 e. The van der Waals surface area contributed by atoms with E-state index in [0.29, 0.717) is 0 Å². The van der Waals surface area contributed by atoms with Crippen LogP contribution in [0.1, 0.15) is 44.0 Å². The van der Waals surface area contributed by atoms with Crippen LogP contribution in [0.15, 0.2) is 59.8 Å². The van der Waals surface area contributed by atoms with E-state index < -0.39 is 0 Å². The van der Waals surface area contributed by atoms with E-state index in [-0.39, 0.29) is 11.2 Å². The molecule has 0 spiro atoms. The van der Waals surface area contributed by atoms with Crippen LogP contribution in [0, 0.1) is 0 Å². The van der Waals surface area contributed by atoms with Crippen LogP contribution in [-0.4, -0.2) is 50.5 Å². The minimum atomic E-state index is -0.259. The van der Waals surface area contributed by atoms with Crippen molar-refractivity contribution in [3.8, 4) is 5.69 Å². The molecule has 2 aliphatic heterocycles. The Morgan fingerprint density at radius 1 is 0.939 bits per heavy atom. The first-order valence-corrected chi connectivity index (χ1v) is 12.9. The number of likely N-dealkylation sites (tertiary alicyclic amines) is 1. The molecule has 172 valence electrons. The summed E-state index contributed by atoms with van der Waals surface area (Å²) in [6.07, 6.45) is 5.82. The number of nitrogens with zero attached hydrogens (tertiary/aromatic N) is 5. The Morgan fingerprint density at radius 3 is 2.52 bits per heavy atom. The molecule has 3 aromatic rings. The van der Waals surface area contributed by atoms with Gasteiger partial charge in [0, 0.05) is 17.9 Å². The number of fused-ring (bicyclic) bond motifs is 1. The molecule has 0 bridgehead atoms. The number of thioether (sulfide) groups is 1. The third kappa shape index (κ3) is 4.84. The molecule has 0 N–H and O–H groups in total. The van der Waals surface area contributed by atoms with Gasteiger partial charge in [0.25, 0.3) is 0 Å². The first kappa shape index (κ1) is 22.2. The Kier molecular flexibility index (Phi) is 6.78. The van der Waals surface area contributed by atoms with Gasteiger partial charge in [-0.3, -0.25) is 14.3 Å². The predicted octanol–water partition coefficient (Wildman–Crippen LogP) is 4.71. The number of hydrogen-bond donors (Lipinski definition) is 0. The lowest BCUT2D eigenvalue weighted by Crippen LogP contribution is -2.40. The van der Waals surface area contributed by atoms with Gasteiger partial charge in [0.05, 0.1) is 11.8 Å². The highest BCUT2D eigenvalue weighted by molar-refractivity contribution is 8.00. The molecule has 0 aliphatic carbocycles. The molecule has 0 radical (unpaired) electrons. The Labute approximate surface area is 200 Å². The third-order valence-corrected chi connectivity index (χ3v) is 7.56. The lowest BCUT2D eigenvalue weighted by molar-refractivity contribution is -0.117. The number of carbonyl (C=O) groups is 1. The Balaban J connectivity index is 1.39. The van der Waals surface area contributed by atoms with Crippen LogP contribution < -0.4 is 4.90 Å². The number of aromatic nitrogens is 3. The summed E-state index contributed by atoms with van der Waals surface area (Å²) in [7, 11) is 0. The Morgan fingerprint density at radius 2 is 1.70 bits per heavy atom. The number of benzene rings is 2. The second-order valence-corrected chi connectivity index (χ2v) is 10.2. The van der Waals surface area contributed by atoms with E-state index in [4.69, 9.17) is 0 Å². The van der Waals surface area contributed by atoms with Crippen LogP contribution in [0.2, 0.25) is 0 Å². The van der Waals surface area contributed by atoms with Crippen molar-refractivity contribution in [1.82, 2.24) is 19.7 Å². The molecule has 1 aromatic heterocycles. The highest BCUT2D eigenvalue weighted by atomic mass is 32.2. The number of anilines is 1. The smallest absolute Gasteiger partial charge is 0.240 e. The maximum Gasteiger partial charge on any atom is 0.240 e. The molecular weight excluding hydrogens is 430 g/mol. The molecule has 2 aromatic carbocycles. The van der Waals surface area contributed by atoms with E-state index in [0.717, 1.165) is 61.4 Å². The van der Waals surface area contributed by atoms with E-state index in [1.165, 1.54) is 36.6 Å². The van der Waals surface area contributed by atoms with Crippen molar-refractivity contribution in [3.63, 3.8) is 0 Å². The van der Waals surface area contributed by atoms with Crippen molar-refractivity contribution < 1.29 is 4.79 Å². The molecule has 1 amide bonds. The number of aryl methyl sites for hydroxylation is 1. The van der Waals surface area contributed by atoms with Crippen LogP contribution >= 0.6 is 11.8 Å². The SMILES string of the molecule is CC(Sc1nnc(CN2CCCCC2)n1-c1ccccc1)C(=O)N1CCCc2ccccc21. The standard InChI is InChI=1S/C26H31N5OS/c1-20(25(32)30-18-10-12-21-11-6-7-15-23(21)30)33-26-28-27-24(19-29-16-8-3-9-17-29)31(26)22-13-4-2-5-14-22/h2,4-7,11,13-15,20H,3,8-10,12,16-19H2,1H3. The summed E-state index contributed by atoms with van der Waals surface area (Å²) >= 11 is 1.50. The molecule has 1 unspecified atom stereocenters. The van der Waals surface area contributed by atoms with Crippen LogP contribution in [0.25, 0.3) is 5.69 Å². The van der Waals surface area contributed by atoms with Gasteiger partial charge >= 0.3 is 0 Å². The average molecular weight is 462 g/mol. The monoisotopic (exact) mass is 461 g/mol. The van der Waals surface area contributed by atoms with E-state index in [2.05, 4.69) is 50.0 Å². The quantitative estimate of drug-likeness (QED) is 0.498. The van der Waals surface area contributed by atoms with Gasteiger partial charge in [0.15, 0.2) is 11.0 Å². The zero-order valence-electron chi connectivity index (χ0n) is 19.2. The number of para-hydroxylation sites is 2. The van der Waals surface area contributed by atoms with Crippen molar-refractivity contribution in [2.45, 2.75) is 56.0 Å². The average Bonchev–Trinajstić information content (AvgIpc) is 3.26. The molecule has 7 heteroatoms. The fraction of sp³-hybridized carbons (Fsp3) is 0.423. The van der Waals surface area contributed by atoms with Gasteiger partial charge in [0.1, 0.15) is 0 Å². The summed E-state index contributed by atoms with van der Waals surface area (Å²) in [6.45, 7) is 5.75. The maximum absolute atomic E-state index is 13.5. The van der Waals surface area contributed by atoms with Crippen molar-refractivity contribution in [3.05, 3.63) is 66.0 Å². The predicted molar refractivity (Wildman–Crippen MR) is 133 cm³/mol. The van der Waals surface area contributed by atoms with Crippen molar-refractivity contribution in [2.75, 3.05) is 24.5 Å². The van der Waals surface area contributed by atoms with E-state index in [1.54, 1.807) is 0 Å². The van der Waals surface area contributed by atoms with Crippen molar-refractivity contribution in [2.24, 2.45) is 0 Å². The first-order chi connectivity index (χ1) is 16.2. The molecule has 3 heterocycles. The molecule has 0 saturated carbocycles. The van der Waals surface area contributed by atoms with Gasteiger partial charge in [-0.2, -0.15) is 0 Å². The van der Waals surface area contributed by atoms with Crippen LogP contribution in [-0.2, 0) is 17.8 Å². The molecule has 6 nitrogen and oxygen atoms in total. The van der Waals surface area contributed by atoms with Gasteiger partial charge < -0.3 is 4.90 Å². The van der Waals surface area contributed by atoms with E-state index in [1.807, 2.05) is 36.1 Å². The molecule has 1 saturated heterocycles. The van der Waals surface area contributed by atoms with Crippen LogP contribution in [0.4, 0.5) is 5.69 Å². The van der Waals surface area contributed by atoms with Crippen molar-refractivity contribution >= 4 is 23.4 Å². The van der Waals surface area contributed by atoms with Gasteiger partial charge in [-0.25, -0.2) is 0 Å². The minimum absolute atomic E-state index is 0.132. The van der Waals surface area contributed by atoms with Crippen LogP contribution in [0.5, 0.6) is 0 Å². The van der Waals surface area contributed by atoms with Crippen molar-refractivity contribution in [1.29, 1.82) is 0 Å². The molecule has 5 rings (SSSR count). The fourth-order valence-corrected chi connectivity index (χ4v) is 5.77. The lowest BCUT2D eigenvalue weighted by atomic mass is 10.0. The molecule has 2 aliphatic rings. The van der Waals surface area contributed by atoms with Gasteiger partial charge in [-0.15, -0.1) is 10.2 Å². The fourth-order valence-electron chi connectivity index (χ4n) is 4.82. The van der Waals surface area contributed by atoms with E-state index >= 15 is 0 Å². The number of amides is 1. The second-order valence-electron chi connectivity index (χ2n) is 8.89. The highest BCUT2D eigenvalue weighted by Gasteiger charge is 2.29. The topological polar surface area (TPSA) is 54.3 Å². The summed E-state index contributed by atoms with van der Waals surface area (Å²) < 4.78 is 2.13.